The molecule has 3 aromatic carbocycles. The molecule has 0 radical (unpaired) electrons. The van der Waals surface area contributed by atoms with Gasteiger partial charge >= 0.3 is 0 Å². The molecule has 186 valence electrons. The van der Waals surface area contributed by atoms with E-state index in [0.717, 1.165) is 48.9 Å². The van der Waals surface area contributed by atoms with Crippen molar-refractivity contribution in [2.75, 3.05) is 38.2 Å². The van der Waals surface area contributed by atoms with Crippen LogP contribution in [0.5, 0.6) is 5.75 Å². The fourth-order valence-corrected chi connectivity index (χ4v) is 4.89. The molecule has 2 heterocycles. The molecule has 0 N–H and O–H groups in total. The van der Waals surface area contributed by atoms with Gasteiger partial charge in [0.15, 0.2) is 5.82 Å². The summed E-state index contributed by atoms with van der Waals surface area (Å²) in [7, 11) is 1.65. The van der Waals surface area contributed by atoms with Gasteiger partial charge < -0.3 is 9.64 Å². The number of nitrogens with zero attached hydrogens (tertiary/aromatic N) is 6. The zero-order valence-corrected chi connectivity index (χ0v) is 20.9. The first-order chi connectivity index (χ1) is 17.5. The van der Waals surface area contributed by atoms with E-state index in [1.807, 2.05) is 41.1 Å². The highest BCUT2D eigenvalue weighted by atomic mass is 19.1. The highest BCUT2D eigenvalue weighted by molar-refractivity contribution is 5.56. The summed E-state index contributed by atoms with van der Waals surface area (Å²) in [4.78, 5) is 4.84. The Hall–Kier alpha value is -3.78. The van der Waals surface area contributed by atoms with Crippen LogP contribution in [-0.4, -0.2) is 58.4 Å². The molecule has 8 heteroatoms. The van der Waals surface area contributed by atoms with E-state index in [4.69, 9.17) is 4.74 Å². The fraction of sp³-hybridized carbons (Fsp3) is 0.321. The Morgan fingerprint density at radius 3 is 2.33 bits per heavy atom. The van der Waals surface area contributed by atoms with Gasteiger partial charge in [0.2, 0.25) is 0 Å². The number of hydrogen-bond acceptors (Lipinski definition) is 6. The van der Waals surface area contributed by atoms with Crippen molar-refractivity contribution >= 4 is 5.69 Å². The average Bonchev–Trinajstić information content (AvgIpc) is 3.35. The zero-order chi connectivity index (χ0) is 25.1. The molecule has 0 unspecified atom stereocenters. The van der Waals surface area contributed by atoms with Gasteiger partial charge in [0.05, 0.1) is 19.7 Å². The van der Waals surface area contributed by atoms with Gasteiger partial charge in [-0.3, -0.25) is 4.90 Å². The second-order valence-corrected chi connectivity index (χ2v) is 9.24. The first-order valence-electron chi connectivity index (χ1n) is 12.2. The van der Waals surface area contributed by atoms with Crippen molar-refractivity contribution in [1.82, 2.24) is 25.1 Å². The molecule has 1 saturated heterocycles. The third-order valence-corrected chi connectivity index (χ3v) is 7.08. The van der Waals surface area contributed by atoms with Crippen LogP contribution in [0, 0.1) is 19.7 Å². The molecule has 4 aromatic rings. The lowest BCUT2D eigenvalue weighted by molar-refractivity contribution is 0.201. The SMILES string of the molecule is COc1ccc(Cn2nnnc2[C@H](c2ccc(F)cc2)N2CCN(c3cccc(C)c3C)CC2)cc1. The number of benzene rings is 3. The predicted molar refractivity (Wildman–Crippen MR) is 138 cm³/mol. The molecule has 1 atom stereocenters. The summed E-state index contributed by atoms with van der Waals surface area (Å²) in [6.45, 7) is 8.33. The van der Waals surface area contributed by atoms with Crippen LogP contribution in [0.25, 0.3) is 0 Å². The molecule has 1 aliphatic heterocycles. The normalized spacial score (nSPS) is 15.2. The van der Waals surface area contributed by atoms with Crippen LogP contribution >= 0.6 is 0 Å². The number of ether oxygens (including phenoxy) is 1. The molecule has 5 rings (SSSR count). The number of methoxy groups -OCH3 is 1. The third kappa shape index (κ3) is 4.95. The fourth-order valence-electron chi connectivity index (χ4n) is 4.89. The Morgan fingerprint density at radius 1 is 0.917 bits per heavy atom. The average molecular weight is 487 g/mol. The van der Waals surface area contributed by atoms with E-state index in [1.165, 1.54) is 28.9 Å². The lowest BCUT2D eigenvalue weighted by atomic mass is 10.0. The van der Waals surface area contributed by atoms with Gasteiger partial charge in [0, 0.05) is 31.9 Å². The van der Waals surface area contributed by atoms with Crippen molar-refractivity contribution < 1.29 is 9.13 Å². The smallest absolute Gasteiger partial charge is 0.173 e. The van der Waals surface area contributed by atoms with Crippen LogP contribution in [0.3, 0.4) is 0 Å². The van der Waals surface area contributed by atoms with E-state index < -0.39 is 0 Å². The Bertz CT molecular complexity index is 1300. The van der Waals surface area contributed by atoms with E-state index >= 15 is 0 Å². The van der Waals surface area contributed by atoms with Crippen molar-refractivity contribution in [3.63, 3.8) is 0 Å². The lowest BCUT2D eigenvalue weighted by Gasteiger charge is -2.40. The van der Waals surface area contributed by atoms with Gasteiger partial charge in [0.1, 0.15) is 11.6 Å². The summed E-state index contributed by atoms with van der Waals surface area (Å²) in [5, 5.41) is 12.8. The molecule has 0 saturated carbocycles. The number of anilines is 1. The van der Waals surface area contributed by atoms with E-state index in [2.05, 4.69) is 57.4 Å². The molecule has 0 bridgehead atoms. The molecular formula is C28H31FN6O. The minimum Gasteiger partial charge on any atom is -0.497 e. The van der Waals surface area contributed by atoms with Crippen LogP contribution in [0.2, 0.25) is 0 Å². The highest BCUT2D eigenvalue weighted by Gasteiger charge is 2.31. The topological polar surface area (TPSA) is 59.3 Å². The number of halogens is 1. The van der Waals surface area contributed by atoms with Crippen LogP contribution in [-0.2, 0) is 6.54 Å². The van der Waals surface area contributed by atoms with Crippen molar-refractivity contribution in [3.8, 4) is 5.75 Å². The maximum atomic E-state index is 13.8. The van der Waals surface area contributed by atoms with Gasteiger partial charge in [0.25, 0.3) is 0 Å². The summed E-state index contributed by atoms with van der Waals surface area (Å²) in [5.41, 5.74) is 5.96. The molecular weight excluding hydrogens is 455 g/mol. The quantitative estimate of drug-likeness (QED) is 0.386. The second-order valence-electron chi connectivity index (χ2n) is 9.24. The largest absolute Gasteiger partial charge is 0.497 e. The minimum atomic E-state index is -0.255. The molecule has 0 spiro atoms. The van der Waals surface area contributed by atoms with E-state index in [9.17, 15) is 4.39 Å². The van der Waals surface area contributed by atoms with E-state index in [0.29, 0.717) is 6.54 Å². The van der Waals surface area contributed by atoms with Crippen molar-refractivity contribution in [2.24, 2.45) is 0 Å². The summed E-state index contributed by atoms with van der Waals surface area (Å²) in [6, 6.07) is 20.9. The molecule has 1 aliphatic rings. The maximum absolute atomic E-state index is 13.8. The Labute approximate surface area is 211 Å². The van der Waals surface area contributed by atoms with Crippen molar-refractivity contribution in [3.05, 3.63) is 101 Å². The maximum Gasteiger partial charge on any atom is 0.173 e. The van der Waals surface area contributed by atoms with Gasteiger partial charge in [-0.2, -0.15) is 0 Å². The summed E-state index contributed by atoms with van der Waals surface area (Å²) < 4.78 is 20.9. The predicted octanol–water partition coefficient (Wildman–Crippen LogP) is 4.40. The minimum absolute atomic E-state index is 0.181. The number of tetrazole rings is 1. The highest BCUT2D eigenvalue weighted by Crippen LogP contribution is 2.31. The number of aromatic nitrogens is 4. The molecule has 7 nitrogen and oxygen atoms in total. The number of piperazine rings is 1. The summed E-state index contributed by atoms with van der Waals surface area (Å²) >= 11 is 0. The summed E-state index contributed by atoms with van der Waals surface area (Å²) in [5.74, 6) is 1.30. The zero-order valence-electron chi connectivity index (χ0n) is 20.9. The standard InChI is InChI=1S/C28H31FN6O/c1-20-5-4-6-26(21(20)2)33-15-17-34(18-16-33)27(23-9-11-24(29)12-10-23)28-30-31-32-35(28)19-22-7-13-25(36-3)14-8-22/h4-14,27H,15-19H2,1-3H3/t27-/m0/s1. The number of rotatable bonds is 7. The van der Waals surface area contributed by atoms with Crippen molar-refractivity contribution in [2.45, 2.75) is 26.4 Å². The Kier molecular flexibility index (Phi) is 6.95. The van der Waals surface area contributed by atoms with Gasteiger partial charge in [-0.1, -0.05) is 36.4 Å². The van der Waals surface area contributed by atoms with Crippen LogP contribution in [0.1, 0.15) is 34.1 Å². The second kappa shape index (κ2) is 10.5. The summed E-state index contributed by atoms with van der Waals surface area (Å²) in [6.07, 6.45) is 0. The number of hydrogen-bond donors (Lipinski definition) is 0. The molecule has 0 aliphatic carbocycles. The molecule has 0 amide bonds. The van der Waals surface area contributed by atoms with Crippen LogP contribution in [0.15, 0.2) is 66.7 Å². The molecule has 1 aromatic heterocycles. The Morgan fingerprint density at radius 2 is 1.64 bits per heavy atom. The number of aryl methyl sites for hydroxylation is 1. The molecule has 1 fully saturated rings. The first kappa shape index (κ1) is 23.9. The van der Waals surface area contributed by atoms with E-state index in [-0.39, 0.29) is 11.9 Å². The monoisotopic (exact) mass is 486 g/mol. The molecule has 36 heavy (non-hydrogen) atoms. The first-order valence-corrected chi connectivity index (χ1v) is 12.2. The lowest BCUT2D eigenvalue weighted by Crippen LogP contribution is -2.48. The third-order valence-electron chi connectivity index (χ3n) is 7.08. The van der Waals surface area contributed by atoms with E-state index in [1.54, 1.807) is 7.11 Å². The van der Waals surface area contributed by atoms with Gasteiger partial charge in [-0.15, -0.1) is 5.10 Å². The van der Waals surface area contributed by atoms with Crippen LogP contribution < -0.4 is 9.64 Å². The van der Waals surface area contributed by atoms with Crippen LogP contribution in [0.4, 0.5) is 10.1 Å². The van der Waals surface area contributed by atoms with Gasteiger partial charge in [-0.25, -0.2) is 9.07 Å². The van der Waals surface area contributed by atoms with Gasteiger partial charge in [-0.05, 0) is 76.9 Å². The Balaban J connectivity index is 1.42. The van der Waals surface area contributed by atoms with Crippen molar-refractivity contribution in [1.29, 1.82) is 0 Å².